The van der Waals surface area contributed by atoms with Crippen molar-refractivity contribution in [1.29, 1.82) is 0 Å². The quantitative estimate of drug-likeness (QED) is 0.352. The van der Waals surface area contributed by atoms with Gasteiger partial charge in [-0.1, -0.05) is 59.9 Å². The molecule has 0 unspecified atom stereocenters. The van der Waals surface area contributed by atoms with Gasteiger partial charge >= 0.3 is 0 Å². The molecule has 5 rings (SSSR count). The number of anilines is 1. The van der Waals surface area contributed by atoms with Crippen LogP contribution in [0.1, 0.15) is 16.1 Å². The van der Waals surface area contributed by atoms with E-state index in [1.54, 1.807) is 6.20 Å². The first kappa shape index (κ1) is 20.2. The summed E-state index contributed by atoms with van der Waals surface area (Å²) in [6, 6.07) is 25.3. The van der Waals surface area contributed by atoms with Gasteiger partial charge in [-0.25, -0.2) is 4.98 Å². The standard InChI is InChI=1S/C24H18N4O2S2/c29-22(19-14-28-20-11-4-5-12-21(20)32-24(28)26-19)27-23(31)25-17-9-6-10-18(13-17)30-15-16-7-2-1-3-8-16/h1-14H,15H2,(H2,25,27,29,31). The Balaban J connectivity index is 1.22. The first-order valence-electron chi connectivity index (χ1n) is 9.91. The lowest BCUT2D eigenvalue weighted by Gasteiger charge is -2.11. The van der Waals surface area contributed by atoms with Crippen LogP contribution in [0.2, 0.25) is 0 Å². The first-order chi connectivity index (χ1) is 15.7. The SMILES string of the molecule is O=C(NC(=S)Nc1cccc(OCc2ccccc2)c1)c1cn2c(n1)sc1ccccc12. The molecule has 0 radical (unpaired) electrons. The van der Waals surface area contributed by atoms with Crippen LogP contribution in [-0.4, -0.2) is 20.4 Å². The predicted octanol–water partition coefficient (Wildman–Crippen LogP) is 5.25. The Bertz CT molecular complexity index is 1430. The van der Waals surface area contributed by atoms with Crippen molar-refractivity contribution >= 4 is 55.4 Å². The van der Waals surface area contributed by atoms with E-state index < -0.39 is 0 Å². The van der Waals surface area contributed by atoms with Crippen molar-refractivity contribution in [2.45, 2.75) is 6.61 Å². The third kappa shape index (κ3) is 4.32. The van der Waals surface area contributed by atoms with E-state index in [1.807, 2.05) is 83.3 Å². The van der Waals surface area contributed by atoms with E-state index in [2.05, 4.69) is 15.6 Å². The molecule has 2 aromatic heterocycles. The maximum absolute atomic E-state index is 12.6. The molecule has 3 aromatic carbocycles. The van der Waals surface area contributed by atoms with Crippen LogP contribution in [0.4, 0.5) is 5.69 Å². The van der Waals surface area contributed by atoms with E-state index in [0.29, 0.717) is 18.1 Å². The van der Waals surface area contributed by atoms with E-state index in [0.717, 1.165) is 26.4 Å². The van der Waals surface area contributed by atoms with Gasteiger partial charge in [-0.3, -0.25) is 14.5 Å². The summed E-state index contributed by atoms with van der Waals surface area (Å²) in [5.74, 6) is 0.341. The smallest absolute Gasteiger partial charge is 0.277 e. The molecule has 32 heavy (non-hydrogen) atoms. The highest BCUT2D eigenvalue weighted by Gasteiger charge is 2.15. The number of para-hydroxylation sites is 1. The number of imidazole rings is 1. The fourth-order valence-electron chi connectivity index (χ4n) is 3.29. The molecule has 0 aliphatic carbocycles. The molecule has 1 amide bonds. The highest BCUT2D eigenvalue weighted by molar-refractivity contribution is 7.80. The van der Waals surface area contributed by atoms with Crippen LogP contribution in [0.3, 0.4) is 0 Å². The lowest BCUT2D eigenvalue weighted by molar-refractivity contribution is 0.0973. The number of aromatic nitrogens is 2. The average Bonchev–Trinajstić information content (AvgIpc) is 3.37. The van der Waals surface area contributed by atoms with Crippen molar-refractivity contribution < 1.29 is 9.53 Å². The molecule has 0 aliphatic rings. The number of fused-ring (bicyclic) bond motifs is 3. The number of ether oxygens (including phenoxy) is 1. The highest BCUT2D eigenvalue weighted by atomic mass is 32.1. The number of benzene rings is 3. The monoisotopic (exact) mass is 458 g/mol. The van der Waals surface area contributed by atoms with Crippen molar-refractivity contribution in [3.05, 3.63) is 96.3 Å². The van der Waals surface area contributed by atoms with Crippen molar-refractivity contribution in [3.8, 4) is 5.75 Å². The second kappa shape index (κ2) is 8.78. The second-order valence-electron chi connectivity index (χ2n) is 7.06. The molecule has 0 bridgehead atoms. The minimum absolute atomic E-state index is 0.191. The lowest BCUT2D eigenvalue weighted by Crippen LogP contribution is -2.34. The summed E-state index contributed by atoms with van der Waals surface area (Å²) in [7, 11) is 0. The van der Waals surface area contributed by atoms with Gasteiger partial charge in [-0.05, 0) is 42.0 Å². The van der Waals surface area contributed by atoms with Gasteiger partial charge in [0.2, 0.25) is 0 Å². The van der Waals surface area contributed by atoms with Crippen molar-refractivity contribution in [1.82, 2.24) is 14.7 Å². The van der Waals surface area contributed by atoms with Crippen LogP contribution in [0.15, 0.2) is 85.1 Å². The van der Waals surface area contributed by atoms with Crippen LogP contribution in [0.5, 0.6) is 5.75 Å². The van der Waals surface area contributed by atoms with Crippen molar-refractivity contribution in [3.63, 3.8) is 0 Å². The van der Waals surface area contributed by atoms with Gasteiger partial charge in [-0.2, -0.15) is 0 Å². The third-order valence-corrected chi connectivity index (χ3v) is 6.04. The van der Waals surface area contributed by atoms with Gasteiger partial charge in [0, 0.05) is 18.0 Å². The molecule has 0 saturated carbocycles. The second-order valence-corrected chi connectivity index (χ2v) is 8.48. The summed E-state index contributed by atoms with van der Waals surface area (Å²) in [5, 5.41) is 5.91. The van der Waals surface area contributed by atoms with Gasteiger partial charge in [0.25, 0.3) is 5.91 Å². The average molecular weight is 459 g/mol. The summed E-state index contributed by atoms with van der Waals surface area (Å²) < 4.78 is 8.88. The molecule has 158 valence electrons. The zero-order valence-corrected chi connectivity index (χ0v) is 18.5. The van der Waals surface area contributed by atoms with Crippen LogP contribution in [0, 0.1) is 0 Å². The minimum atomic E-state index is -0.362. The Hall–Kier alpha value is -3.75. The molecule has 2 heterocycles. The Morgan fingerprint density at radius 2 is 1.84 bits per heavy atom. The molecular formula is C24H18N4O2S2. The Kier molecular flexibility index (Phi) is 5.53. The summed E-state index contributed by atoms with van der Waals surface area (Å²) in [6.07, 6.45) is 1.73. The zero-order chi connectivity index (χ0) is 21.9. The fourth-order valence-corrected chi connectivity index (χ4v) is 4.51. The molecule has 0 saturated heterocycles. The van der Waals surface area contributed by atoms with Crippen LogP contribution < -0.4 is 15.4 Å². The molecule has 2 N–H and O–H groups in total. The number of hydrogen-bond donors (Lipinski definition) is 2. The van der Waals surface area contributed by atoms with Crippen LogP contribution >= 0.6 is 23.6 Å². The molecule has 0 atom stereocenters. The number of hydrogen-bond acceptors (Lipinski definition) is 5. The largest absolute Gasteiger partial charge is 0.489 e. The first-order valence-corrected chi connectivity index (χ1v) is 11.1. The summed E-state index contributed by atoms with van der Waals surface area (Å²) in [5.41, 5.74) is 3.14. The molecule has 5 aromatic rings. The summed E-state index contributed by atoms with van der Waals surface area (Å²) >= 11 is 6.85. The highest BCUT2D eigenvalue weighted by Crippen LogP contribution is 2.26. The molecule has 8 heteroatoms. The maximum atomic E-state index is 12.6. The number of amides is 1. The van der Waals surface area contributed by atoms with E-state index >= 15 is 0 Å². The molecular weight excluding hydrogens is 440 g/mol. The van der Waals surface area contributed by atoms with E-state index in [4.69, 9.17) is 17.0 Å². The van der Waals surface area contributed by atoms with Crippen LogP contribution in [-0.2, 0) is 6.61 Å². The molecule has 6 nitrogen and oxygen atoms in total. The van der Waals surface area contributed by atoms with Crippen LogP contribution in [0.25, 0.3) is 15.2 Å². The number of nitrogens with one attached hydrogen (secondary N) is 2. The molecule has 0 fully saturated rings. The number of thiocarbonyl (C=S) groups is 1. The minimum Gasteiger partial charge on any atom is -0.489 e. The molecule has 0 spiro atoms. The number of thiazole rings is 1. The Morgan fingerprint density at radius 1 is 1.03 bits per heavy atom. The Labute approximate surface area is 193 Å². The lowest BCUT2D eigenvalue weighted by atomic mass is 10.2. The number of rotatable bonds is 5. The van der Waals surface area contributed by atoms with Gasteiger partial charge in [0.15, 0.2) is 10.1 Å². The predicted molar refractivity (Wildman–Crippen MR) is 131 cm³/mol. The molecule has 0 aliphatic heterocycles. The van der Waals surface area contributed by atoms with Gasteiger partial charge in [-0.15, -0.1) is 0 Å². The zero-order valence-electron chi connectivity index (χ0n) is 16.8. The fraction of sp³-hybridized carbons (Fsp3) is 0.0417. The van der Waals surface area contributed by atoms with Gasteiger partial charge < -0.3 is 10.1 Å². The van der Waals surface area contributed by atoms with Gasteiger partial charge in [0.05, 0.1) is 10.2 Å². The summed E-state index contributed by atoms with van der Waals surface area (Å²) in [4.78, 5) is 17.8. The maximum Gasteiger partial charge on any atom is 0.277 e. The van der Waals surface area contributed by atoms with E-state index in [-0.39, 0.29) is 11.0 Å². The van der Waals surface area contributed by atoms with Crippen molar-refractivity contribution in [2.24, 2.45) is 0 Å². The number of carbonyl (C=O) groups excluding carboxylic acids is 1. The number of carbonyl (C=O) groups is 1. The third-order valence-electron chi connectivity index (χ3n) is 4.80. The summed E-state index contributed by atoms with van der Waals surface area (Å²) in [6.45, 7) is 0.470. The van der Waals surface area contributed by atoms with E-state index in [9.17, 15) is 4.79 Å². The normalized spacial score (nSPS) is 10.9. The van der Waals surface area contributed by atoms with Gasteiger partial charge in [0.1, 0.15) is 18.1 Å². The number of nitrogens with zero attached hydrogens (tertiary/aromatic N) is 2. The van der Waals surface area contributed by atoms with Crippen molar-refractivity contribution in [2.75, 3.05) is 5.32 Å². The van der Waals surface area contributed by atoms with E-state index in [1.165, 1.54) is 11.3 Å². The Morgan fingerprint density at radius 3 is 2.72 bits per heavy atom. The topological polar surface area (TPSA) is 67.7 Å².